The lowest BCUT2D eigenvalue weighted by Crippen LogP contribution is -2.27. The monoisotopic (exact) mass is 258 g/mol. The minimum absolute atomic E-state index is 0.0499. The molecule has 3 N–H and O–H groups in total. The van der Waals surface area contributed by atoms with E-state index in [2.05, 4.69) is 33.0 Å². The summed E-state index contributed by atoms with van der Waals surface area (Å²) in [5.41, 5.74) is 7.65. The third-order valence-electron chi connectivity index (χ3n) is 4.65. The number of hydrogen-bond donors (Lipinski definition) is 2. The quantitative estimate of drug-likeness (QED) is 0.647. The molecular formula is C16H22N2O. The van der Waals surface area contributed by atoms with Gasteiger partial charge in [0.15, 0.2) is 0 Å². The molecule has 0 aromatic heterocycles. The molecule has 102 valence electrons. The second kappa shape index (κ2) is 4.41. The van der Waals surface area contributed by atoms with Gasteiger partial charge >= 0.3 is 0 Å². The van der Waals surface area contributed by atoms with Gasteiger partial charge in [0.25, 0.3) is 0 Å². The van der Waals surface area contributed by atoms with E-state index in [-0.39, 0.29) is 22.8 Å². The highest BCUT2D eigenvalue weighted by atomic mass is 16.1. The van der Waals surface area contributed by atoms with E-state index in [0.29, 0.717) is 5.69 Å². The standard InChI is InChI=1S/C16H22N2O/c1-15(2)14(16(15,3)4)18-13(19)9-8-11-6-5-7-12(17)10-11/h5-10,14H,17H2,1-4H3,(H,18,19)/b9-8+. The highest BCUT2D eigenvalue weighted by molar-refractivity contribution is 5.92. The summed E-state index contributed by atoms with van der Waals surface area (Å²) in [7, 11) is 0. The fraction of sp³-hybridized carbons (Fsp3) is 0.438. The summed E-state index contributed by atoms with van der Waals surface area (Å²) in [6.45, 7) is 8.72. The Bertz CT molecular complexity index is 515. The molecule has 0 heterocycles. The molecule has 0 aliphatic heterocycles. The second-order valence-electron chi connectivity index (χ2n) is 6.39. The minimum Gasteiger partial charge on any atom is -0.399 e. The fourth-order valence-electron chi connectivity index (χ4n) is 2.58. The average molecular weight is 258 g/mol. The molecule has 0 bridgehead atoms. The van der Waals surface area contributed by atoms with E-state index in [4.69, 9.17) is 5.73 Å². The molecule has 19 heavy (non-hydrogen) atoms. The molecular weight excluding hydrogens is 236 g/mol. The summed E-state index contributed by atoms with van der Waals surface area (Å²) in [5.74, 6) is -0.0499. The molecule has 3 heteroatoms. The van der Waals surface area contributed by atoms with Crippen LogP contribution in [0.15, 0.2) is 30.3 Å². The first-order valence-corrected chi connectivity index (χ1v) is 6.59. The topological polar surface area (TPSA) is 55.1 Å². The van der Waals surface area contributed by atoms with E-state index in [1.807, 2.05) is 24.3 Å². The Labute approximate surface area is 114 Å². The van der Waals surface area contributed by atoms with E-state index in [1.165, 1.54) is 0 Å². The van der Waals surface area contributed by atoms with Crippen LogP contribution in [0.5, 0.6) is 0 Å². The summed E-state index contributed by atoms with van der Waals surface area (Å²) in [6, 6.07) is 7.70. The van der Waals surface area contributed by atoms with Crippen molar-refractivity contribution in [2.24, 2.45) is 10.8 Å². The summed E-state index contributed by atoms with van der Waals surface area (Å²) in [4.78, 5) is 11.9. The maximum atomic E-state index is 11.9. The van der Waals surface area contributed by atoms with Crippen LogP contribution in [0.3, 0.4) is 0 Å². The zero-order valence-electron chi connectivity index (χ0n) is 12.0. The zero-order chi connectivity index (χ0) is 14.3. The Kier molecular flexibility index (Phi) is 3.17. The lowest BCUT2D eigenvalue weighted by atomic mass is 10.0. The van der Waals surface area contributed by atoms with Crippen LogP contribution in [0, 0.1) is 10.8 Å². The van der Waals surface area contributed by atoms with Gasteiger partial charge in [0.05, 0.1) is 0 Å². The van der Waals surface area contributed by atoms with Crippen LogP contribution >= 0.6 is 0 Å². The predicted molar refractivity (Wildman–Crippen MR) is 79.4 cm³/mol. The minimum atomic E-state index is -0.0499. The number of anilines is 1. The number of nitrogen functional groups attached to an aromatic ring is 1. The SMILES string of the molecule is CC1(C)C(NC(=O)/C=C/c2cccc(N)c2)C1(C)C. The van der Waals surface area contributed by atoms with Crippen LogP contribution in [-0.4, -0.2) is 11.9 Å². The van der Waals surface area contributed by atoms with Gasteiger partial charge in [-0.05, 0) is 34.6 Å². The number of rotatable bonds is 3. The molecule has 0 saturated heterocycles. The Balaban J connectivity index is 1.96. The number of nitrogens with one attached hydrogen (secondary N) is 1. The molecule has 1 aliphatic rings. The van der Waals surface area contributed by atoms with E-state index in [1.54, 1.807) is 12.2 Å². The number of carbonyl (C=O) groups is 1. The normalized spacial score (nSPS) is 20.4. The first-order chi connectivity index (χ1) is 8.75. The maximum Gasteiger partial charge on any atom is 0.244 e. The number of benzene rings is 1. The van der Waals surface area contributed by atoms with Gasteiger partial charge in [-0.25, -0.2) is 0 Å². The van der Waals surface area contributed by atoms with Gasteiger partial charge in [0.1, 0.15) is 0 Å². The van der Waals surface area contributed by atoms with E-state index < -0.39 is 0 Å². The largest absolute Gasteiger partial charge is 0.399 e. The van der Waals surface area contributed by atoms with Crippen molar-refractivity contribution in [3.63, 3.8) is 0 Å². The van der Waals surface area contributed by atoms with E-state index >= 15 is 0 Å². The van der Waals surface area contributed by atoms with Crippen LogP contribution < -0.4 is 11.1 Å². The highest BCUT2D eigenvalue weighted by Gasteiger charge is 2.65. The molecule has 0 radical (unpaired) electrons. The van der Waals surface area contributed by atoms with Crippen molar-refractivity contribution in [3.05, 3.63) is 35.9 Å². The first-order valence-electron chi connectivity index (χ1n) is 6.59. The van der Waals surface area contributed by atoms with Crippen molar-refractivity contribution in [2.45, 2.75) is 33.7 Å². The molecule has 1 aromatic carbocycles. The van der Waals surface area contributed by atoms with Crippen LogP contribution in [0.25, 0.3) is 6.08 Å². The van der Waals surface area contributed by atoms with Crippen molar-refractivity contribution in [3.8, 4) is 0 Å². The third kappa shape index (κ3) is 2.50. The van der Waals surface area contributed by atoms with Gasteiger partial charge in [0.2, 0.25) is 5.91 Å². The first kappa shape index (κ1) is 13.7. The smallest absolute Gasteiger partial charge is 0.244 e. The van der Waals surface area contributed by atoms with Gasteiger partial charge in [-0.3, -0.25) is 4.79 Å². The van der Waals surface area contributed by atoms with Crippen LogP contribution in [0.4, 0.5) is 5.69 Å². The van der Waals surface area contributed by atoms with Crippen molar-refractivity contribution < 1.29 is 4.79 Å². The van der Waals surface area contributed by atoms with Gasteiger partial charge in [-0.2, -0.15) is 0 Å². The van der Waals surface area contributed by atoms with Gasteiger partial charge in [-0.15, -0.1) is 0 Å². The molecule has 0 spiro atoms. The summed E-state index contributed by atoms with van der Waals surface area (Å²) in [5, 5.41) is 3.06. The Morgan fingerprint density at radius 2 is 1.89 bits per heavy atom. The molecule has 1 amide bonds. The van der Waals surface area contributed by atoms with Crippen molar-refractivity contribution in [2.75, 3.05) is 5.73 Å². The van der Waals surface area contributed by atoms with Crippen LogP contribution in [0.1, 0.15) is 33.3 Å². The van der Waals surface area contributed by atoms with Crippen molar-refractivity contribution in [1.29, 1.82) is 0 Å². The molecule has 3 nitrogen and oxygen atoms in total. The molecule has 1 saturated carbocycles. The van der Waals surface area contributed by atoms with E-state index in [0.717, 1.165) is 5.56 Å². The maximum absolute atomic E-state index is 11.9. The van der Waals surface area contributed by atoms with Gasteiger partial charge in [-0.1, -0.05) is 39.8 Å². The second-order valence-corrected chi connectivity index (χ2v) is 6.39. The van der Waals surface area contributed by atoms with Gasteiger partial charge < -0.3 is 11.1 Å². The number of amides is 1. The Morgan fingerprint density at radius 1 is 1.26 bits per heavy atom. The van der Waals surface area contributed by atoms with Crippen LogP contribution in [-0.2, 0) is 4.79 Å². The molecule has 0 atom stereocenters. The number of nitrogens with two attached hydrogens (primary N) is 1. The zero-order valence-corrected chi connectivity index (χ0v) is 12.0. The Morgan fingerprint density at radius 3 is 2.42 bits per heavy atom. The summed E-state index contributed by atoms with van der Waals surface area (Å²) in [6.07, 6.45) is 3.35. The van der Waals surface area contributed by atoms with Gasteiger partial charge in [0, 0.05) is 17.8 Å². The highest BCUT2D eigenvalue weighted by Crippen LogP contribution is 2.62. The fourth-order valence-corrected chi connectivity index (χ4v) is 2.58. The lowest BCUT2D eigenvalue weighted by Gasteiger charge is -2.03. The summed E-state index contributed by atoms with van der Waals surface area (Å²) < 4.78 is 0. The average Bonchev–Trinajstić information content (AvgIpc) is 2.69. The molecule has 0 unspecified atom stereocenters. The summed E-state index contributed by atoms with van der Waals surface area (Å²) >= 11 is 0. The number of carbonyl (C=O) groups excluding carboxylic acids is 1. The molecule has 1 aromatic rings. The molecule has 1 fully saturated rings. The molecule has 2 rings (SSSR count). The van der Waals surface area contributed by atoms with Crippen molar-refractivity contribution in [1.82, 2.24) is 5.32 Å². The lowest BCUT2D eigenvalue weighted by molar-refractivity contribution is -0.116. The predicted octanol–water partition coefficient (Wildman–Crippen LogP) is 2.83. The van der Waals surface area contributed by atoms with Crippen molar-refractivity contribution >= 4 is 17.7 Å². The Hall–Kier alpha value is -1.77. The third-order valence-corrected chi connectivity index (χ3v) is 4.65. The number of hydrogen-bond acceptors (Lipinski definition) is 2. The van der Waals surface area contributed by atoms with E-state index in [9.17, 15) is 4.79 Å². The molecule has 1 aliphatic carbocycles. The van der Waals surface area contributed by atoms with Crippen LogP contribution in [0.2, 0.25) is 0 Å².